The van der Waals surface area contributed by atoms with Gasteiger partial charge < -0.3 is 15.7 Å². The molecule has 0 heterocycles. The number of aliphatic carboxylic acids is 1. The van der Waals surface area contributed by atoms with E-state index in [-0.39, 0.29) is 17.7 Å². The van der Waals surface area contributed by atoms with Crippen molar-refractivity contribution in [2.75, 3.05) is 0 Å². The van der Waals surface area contributed by atoms with Crippen LogP contribution in [0, 0.1) is 11.8 Å². The first-order valence-corrected chi connectivity index (χ1v) is 9.49. The van der Waals surface area contributed by atoms with Gasteiger partial charge in [0.1, 0.15) is 12.1 Å². The Balaban J connectivity index is 2.91. The number of amides is 2. The van der Waals surface area contributed by atoms with E-state index >= 15 is 0 Å². The molecule has 27 heavy (non-hydrogen) atoms. The van der Waals surface area contributed by atoms with Gasteiger partial charge in [0.15, 0.2) is 0 Å². The second-order valence-electron chi connectivity index (χ2n) is 7.87. The molecule has 1 aromatic carbocycles. The van der Waals surface area contributed by atoms with Crippen LogP contribution in [0.4, 0.5) is 0 Å². The highest BCUT2D eigenvalue weighted by Gasteiger charge is 2.31. The Hall–Kier alpha value is -2.37. The van der Waals surface area contributed by atoms with Crippen molar-refractivity contribution >= 4 is 17.8 Å². The summed E-state index contributed by atoms with van der Waals surface area (Å²) in [5.41, 5.74) is 0.828. The molecule has 0 bridgehead atoms. The van der Waals surface area contributed by atoms with Crippen LogP contribution in [0.15, 0.2) is 30.3 Å². The van der Waals surface area contributed by atoms with E-state index in [0.717, 1.165) is 5.56 Å². The molecule has 0 aromatic heterocycles. The Morgan fingerprint density at radius 2 is 1.52 bits per heavy atom. The lowest BCUT2D eigenvalue weighted by atomic mass is 9.92. The van der Waals surface area contributed by atoms with Crippen LogP contribution in [-0.4, -0.2) is 35.0 Å². The summed E-state index contributed by atoms with van der Waals surface area (Å²) in [6.07, 6.45) is 0.770. The molecule has 6 nitrogen and oxygen atoms in total. The second-order valence-corrected chi connectivity index (χ2v) is 7.87. The lowest BCUT2D eigenvalue weighted by Crippen LogP contribution is -2.53. The topological polar surface area (TPSA) is 95.5 Å². The molecule has 0 fully saturated rings. The van der Waals surface area contributed by atoms with Gasteiger partial charge in [-0.15, -0.1) is 0 Å². The molecule has 1 aromatic rings. The first-order valence-electron chi connectivity index (χ1n) is 9.49. The van der Waals surface area contributed by atoms with E-state index in [9.17, 15) is 19.5 Å². The van der Waals surface area contributed by atoms with Gasteiger partial charge in [-0.05, 0) is 23.8 Å². The highest BCUT2D eigenvalue weighted by molar-refractivity contribution is 5.90. The van der Waals surface area contributed by atoms with E-state index in [1.165, 1.54) is 0 Å². The van der Waals surface area contributed by atoms with Crippen LogP contribution in [0.5, 0.6) is 0 Å². The van der Waals surface area contributed by atoms with Gasteiger partial charge in [-0.1, -0.05) is 65.0 Å². The van der Waals surface area contributed by atoms with Gasteiger partial charge in [-0.3, -0.25) is 9.59 Å². The number of hydrogen-bond donors (Lipinski definition) is 3. The van der Waals surface area contributed by atoms with Gasteiger partial charge >= 0.3 is 5.97 Å². The van der Waals surface area contributed by atoms with Crippen molar-refractivity contribution in [3.05, 3.63) is 35.9 Å². The molecular formula is C21H32N2O4. The monoisotopic (exact) mass is 376 g/mol. The lowest BCUT2D eigenvalue weighted by Gasteiger charge is -2.26. The highest BCUT2D eigenvalue weighted by atomic mass is 16.4. The van der Waals surface area contributed by atoms with E-state index in [4.69, 9.17) is 0 Å². The molecule has 3 atom stereocenters. The van der Waals surface area contributed by atoms with E-state index in [1.54, 1.807) is 6.92 Å². The van der Waals surface area contributed by atoms with Crippen LogP contribution in [0.1, 0.15) is 58.9 Å². The fourth-order valence-electron chi connectivity index (χ4n) is 2.93. The predicted molar refractivity (Wildman–Crippen MR) is 105 cm³/mol. The number of benzene rings is 1. The molecule has 0 aliphatic heterocycles. The van der Waals surface area contributed by atoms with Crippen molar-refractivity contribution in [3.63, 3.8) is 0 Å². The smallest absolute Gasteiger partial charge is 0.326 e. The third kappa shape index (κ3) is 7.81. The first-order chi connectivity index (χ1) is 12.6. The quantitative estimate of drug-likeness (QED) is 0.585. The molecule has 1 unspecified atom stereocenters. The number of carbonyl (C=O) groups is 3. The third-order valence-electron chi connectivity index (χ3n) is 4.34. The average Bonchev–Trinajstić information content (AvgIpc) is 2.57. The summed E-state index contributed by atoms with van der Waals surface area (Å²) in [5.74, 6) is -1.81. The number of nitrogens with one attached hydrogen (secondary N) is 2. The SMILES string of the molecule is CC(C)CC(=O)N[C@@H](CC(C)C)C(=O)N[C@H](C(=O)O)C(C)c1ccccc1. The van der Waals surface area contributed by atoms with E-state index in [0.29, 0.717) is 12.8 Å². The minimum Gasteiger partial charge on any atom is -0.480 e. The van der Waals surface area contributed by atoms with Gasteiger partial charge in [-0.25, -0.2) is 4.79 Å². The fourth-order valence-corrected chi connectivity index (χ4v) is 2.93. The van der Waals surface area contributed by atoms with Crippen LogP contribution in [0.25, 0.3) is 0 Å². The fraction of sp³-hybridized carbons (Fsp3) is 0.571. The van der Waals surface area contributed by atoms with Crippen LogP contribution in [0.3, 0.4) is 0 Å². The molecule has 0 radical (unpaired) electrons. The zero-order valence-electron chi connectivity index (χ0n) is 16.9. The highest BCUT2D eigenvalue weighted by Crippen LogP contribution is 2.19. The molecule has 0 aliphatic rings. The molecule has 6 heteroatoms. The zero-order valence-corrected chi connectivity index (χ0v) is 16.9. The molecule has 0 saturated carbocycles. The number of carboxylic acids is 1. The molecular weight excluding hydrogens is 344 g/mol. The van der Waals surface area contributed by atoms with Crippen LogP contribution >= 0.6 is 0 Å². The largest absolute Gasteiger partial charge is 0.480 e. The average molecular weight is 376 g/mol. The predicted octanol–water partition coefficient (Wildman–Crippen LogP) is 2.94. The van der Waals surface area contributed by atoms with Crippen molar-refractivity contribution in [3.8, 4) is 0 Å². The Bertz CT molecular complexity index is 628. The van der Waals surface area contributed by atoms with E-state index < -0.39 is 29.9 Å². The Morgan fingerprint density at radius 3 is 2.00 bits per heavy atom. The number of rotatable bonds is 10. The summed E-state index contributed by atoms with van der Waals surface area (Å²) < 4.78 is 0. The zero-order chi connectivity index (χ0) is 20.6. The van der Waals surface area contributed by atoms with Crippen molar-refractivity contribution in [2.24, 2.45) is 11.8 Å². The number of hydrogen-bond acceptors (Lipinski definition) is 3. The van der Waals surface area contributed by atoms with E-state index in [2.05, 4.69) is 10.6 Å². The van der Waals surface area contributed by atoms with Gasteiger partial charge in [0.05, 0.1) is 0 Å². The molecule has 3 N–H and O–H groups in total. The summed E-state index contributed by atoms with van der Waals surface area (Å²) >= 11 is 0. The van der Waals surface area contributed by atoms with Crippen molar-refractivity contribution < 1.29 is 19.5 Å². The summed E-state index contributed by atoms with van der Waals surface area (Å²) in [7, 11) is 0. The van der Waals surface area contributed by atoms with Crippen LogP contribution in [0.2, 0.25) is 0 Å². The van der Waals surface area contributed by atoms with Crippen LogP contribution in [-0.2, 0) is 14.4 Å². The molecule has 2 amide bonds. The van der Waals surface area contributed by atoms with Gasteiger partial charge in [0, 0.05) is 12.3 Å². The standard InChI is InChI=1S/C21H32N2O4/c1-13(2)11-17(22-18(24)12-14(3)4)20(25)23-19(21(26)27)15(5)16-9-7-6-8-10-16/h6-10,13-15,17,19H,11-12H2,1-5H3,(H,22,24)(H,23,25)(H,26,27)/t15?,17-,19-/m0/s1. The maximum atomic E-state index is 12.8. The third-order valence-corrected chi connectivity index (χ3v) is 4.34. The summed E-state index contributed by atoms with van der Waals surface area (Å²) in [6.45, 7) is 9.54. The van der Waals surface area contributed by atoms with Gasteiger partial charge in [0.25, 0.3) is 0 Å². The van der Waals surface area contributed by atoms with E-state index in [1.807, 2.05) is 58.0 Å². The summed E-state index contributed by atoms with van der Waals surface area (Å²) in [6, 6.07) is 7.37. The first kappa shape index (κ1) is 22.7. The second kappa shape index (κ2) is 10.7. The molecule has 150 valence electrons. The number of carbonyl (C=O) groups excluding carboxylic acids is 2. The Labute approximate surface area is 161 Å². The Morgan fingerprint density at radius 1 is 0.926 bits per heavy atom. The summed E-state index contributed by atoms with van der Waals surface area (Å²) in [5, 5.41) is 15.0. The molecule has 0 aliphatic carbocycles. The maximum Gasteiger partial charge on any atom is 0.326 e. The normalized spacial score (nSPS) is 14.5. The molecule has 1 rings (SSSR count). The number of carboxylic acid groups (broad SMARTS) is 1. The van der Waals surface area contributed by atoms with Crippen molar-refractivity contribution in [1.82, 2.24) is 10.6 Å². The van der Waals surface area contributed by atoms with Crippen molar-refractivity contribution in [2.45, 2.75) is 65.5 Å². The van der Waals surface area contributed by atoms with Gasteiger partial charge in [-0.2, -0.15) is 0 Å². The summed E-state index contributed by atoms with van der Waals surface area (Å²) in [4.78, 5) is 36.6. The van der Waals surface area contributed by atoms with Crippen molar-refractivity contribution in [1.29, 1.82) is 0 Å². The molecule has 0 saturated heterocycles. The Kier molecular flexibility index (Phi) is 8.98. The minimum absolute atomic E-state index is 0.176. The maximum absolute atomic E-state index is 12.8. The lowest BCUT2D eigenvalue weighted by molar-refractivity contribution is -0.143. The van der Waals surface area contributed by atoms with Crippen LogP contribution < -0.4 is 10.6 Å². The van der Waals surface area contributed by atoms with Gasteiger partial charge in [0.2, 0.25) is 11.8 Å². The minimum atomic E-state index is -1.10. The molecule has 0 spiro atoms.